The smallest absolute Gasteiger partial charge is 0.269 e. The van der Waals surface area contributed by atoms with Gasteiger partial charge in [-0.1, -0.05) is 12.8 Å². The van der Waals surface area contributed by atoms with Crippen LogP contribution in [0.4, 0.5) is 5.69 Å². The van der Waals surface area contributed by atoms with E-state index in [-0.39, 0.29) is 27.5 Å². The Labute approximate surface area is 123 Å². The fourth-order valence-electron chi connectivity index (χ4n) is 3.57. The fourth-order valence-corrected chi connectivity index (χ4v) is 4.09. The lowest BCUT2D eigenvalue weighted by molar-refractivity contribution is -0.384. The van der Waals surface area contributed by atoms with Gasteiger partial charge in [0.25, 0.3) is 5.69 Å². The summed E-state index contributed by atoms with van der Waals surface area (Å²) in [5.74, 6) is 0.746. The van der Waals surface area contributed by atoms with Crippen LogP contribution in [0.3, 0.4) is 0 Å². The highest BCUT2D eigenvalue weighted by molar-refractivity contribution is 6.21. The second-order valence-electron chi connectivity index (χ2n) is 5.96. The van der Waals surface area contributed by atoms with Gasteiger partial charge in [-0.05, 0) is 31.4 Å². The zero-order valence-corrected chi connectivity index (χ0v) is 12.2. The van der Waals surface area contributed by atoms with E-state index >= 15 is 0 Å². The van der Waals surface area contributed by atoms with E-state index in [9.17, 15) is 10.1 Å². The molecule has 5 heteroatoms. The van der Waals surface area contributed by atoms with Crippen LogP contribution in [0.25, 0.3) is 0 Å². The van der Waals surface area contributed by atoms with Crippen LogP contribution < -0.4 is 4.74 Å². The average Bonchev–Trinajstić information content (AvgIpc) is 2.92. The van der Waals surface area contributed by atoms with Gasteiger partial charge in [0, 0.05) is 29.3 Å². The molecule has 108 valence electrons. The van der Waals surface area contributed by atoms with Crippen LogP contribution >= 0.6 is 11.6 Å². The molecule has 3 rings (SSSR count). The van der Waals surface area contributed by atoms with Crippen LogP contribution in [-0.4, -0.2) is 16.4 Å². The first kappa shape index (κ1) is 13.7. The molecule has 0 aliphatic heterocycles. The van der Waals surface area contributed by atoms with Gasteiger partial charge in [-0.25, -0.2) is 0 Å². The van der Waals surface area contributed by atoms with Crippen molar-refractivity contribution in [2.24, 2.45) is 5.41 Å². The normalized spacial score (nSPS) is 27.3. The summed E-state index contributed by atoms with van der Waals surface area (Å²) in [5.41, 5.74) is 1.05. The molecular weight excluding hydrogens is 278 g/mol. The molecule has 2 unspecified atom stereocenters. The molecule has 2 fully saturated rings. The van der Waals surface area contributed by atoms with Crippen molar-refractivity contribution in [3.05, 3.63) is 33.9 Å². The molecule has 2 aliphatic carbocycles. The standard InChI is InChI=1S/C15H18ClNO3/c1-10-8-11(17(18)19)4-5-12(10)20-14-9-13(16)15(14)6-2-3-7-15/h4-5,8,13-14H,2-3,6-7,9H2,1H3. The lowest BCUT2D eigenvalue weighted by Crippen LogP contribution is -2.55. The van der Waals surface area contributed by atoms with Gasteiger partial charge in [-0.3, -0.25) is 10.1 Å². The van der Waals surface area contributed by atoms with Crippen molar-refractivity contribution in [1.82, 2.24) is 0 Å². The highest BCUT2D eigenvalue weighted by Crippen LogP contribution is 2.57. The number of hydrogen-bond donors (Lipinski definition) is 0. The van der Waals surface area contributed by atoms with Crippen molar-refractivity contribution in [2.75, 3.05) is 0 Å². The number of nitro groups is 1. The van der Waals surface area contributed by atoms with E-state index in [1.807, 2.05) is 6.92 Å². The summed E-state index contributed by atoms with van der Waals surface area (Å²) in [7, 11) is 0. The first-order valence-electron chi connectivity index (χ1n) is 7.09. The molecule has 1 aromatic rings. The third-order valence-electron chi connectivity index (χ3n) is 4.86. The van der Waals surface area contributed by atoms with Crippen molar-refractivity contribution in [3.63, 3.8) is 0 Å². The predicted octanol–water partition coefficient (Wildman–Crippen LogP) is 4.22. The van der Waals surface area contributed by atoms with Gasteiger partial charge >= 0.3 is 0 Å². The highest BCUT2D eigenvalue weighted by Gasteiger charge is 2.57. The van der Waals surface area contributed by atoms with E-state index in [4.69, 9.17) is 16.3 Å². The third kappa shape index (κ3) is 2.06. The highest BCUT2D eigenvalue weighted by atomic mass is 35.5. The second-order valence-corrected chi connectivity index (χ2v) is 6.48. The Balaban J connectivity index is 1.77. The number of aryl methyl sites for hydroxylation is 1. The van der Waals surface area contributed by atoms with Crippen LogP contribution in [0.5, 0.6) is 5.75 Å². The maximum Gasteiger partial charge on any atom is 0.269 e. The lowest BCUT2D eigenvalue weighted by Gasteiger charge is -2.51. The summed E-state index contributed by atoms with van der Waals surface area (Å²) in [5, 5.41) is 11.0. The Hall–Kier alpha value is -1.29. The Morgan fingerprint density at radius 2 is 2.10 bits per heavy atom. The van der Waals surface area contributed by atoms with Gasteiger partial charge < -0.3 is 4.74 Å². The van der Waals surface area contributed by atoms with Crippen molar-refractivity contribution in [3.8, 4) is 5.75 Å². The molecule has 1 spiro atoms. The molecule has 0 heterocycles. The molecule has 0 amide bonds. The van der Waals surface area contributed by atoms with Crippen LogP contribution in [0.15, 0.2) is 18.2 Å². The molecule has 2 aliphatic rings. The number of ether oxygens (including phenoxy) is 1. The molecule has 0 radical (unpaired) electrons. The number of halogens is 1. The number of benzene rings is 1. The molecule has 0 aromatic heterocycles. The maximum atomic E-state index is 10.7. The fraction of sp³-hybridized carbons (Fsp3) is 0.600. The number of rotatable bonds is 3. The van der Waals surface area contributed by atoms with Gasteiger partial charge in [0.1, 0.15) is 11.9 Å². The first-order valence-corrected chi connectivity index (χ1v) is 7.52. The van der Waals surface area contributed by atoms with E-state index in [1.165, 1.54) is 18.9 Å². The summed E-state index contributed by atoms with van der Waals surface area (Å²) < 4.78 is 6.12. The Morgan fingerprint density at radius 3 is 2.65 bits per heavy atom. The van der Waals surface area contributed by atoms with Crippen molar-refractivity contribution >= 4 is 17.3 Å². The van der Waals surface area contributed by atoms with E-state index in [0.717, 1.165) is 30.6 Å². The molecular formula is C15H18ClNO3. The minimum absolute atomic E-state index is 0.106. The van der Waals surface area contributed by atoms with E-state index in [1.54, 1.807) is 12.1 Å². The van der Waals surface area contributed by atoms with E-state index < -0.39 is 0 Å². The number of nitrogens with zero attached hydrogens (tertiary/aromatic N) is 1. The Kier molecular flexibility index (Phi) is 3.36. The maximum absolute atomic E-state index is 10.7. The second kappa shape index (κ2) is 4.92. The summed E-state index contributed by atoms with van der Waals surface area (Å²) in [6.45, 7) is 1.85. The van der Waals surface area contributed by atoms with Crippen molar-refractivity contribution in [2.45, 2.75) is 50.5 Å². The topological polar surface area (TPSA) is 52.4 Å². The Morgan fingerprint density at radius 1 is 1.40 bits per heavy atom. The van der Waals surface area contributed by atoms with Gasteiger partial charge in [0.05, 0.1) is 4.92 Å². The summed E-state index contributed by atoms with van der Waals surface area (Å²) in [4.78, 5) is 10.4. The molecule has 0 saturated heterocycles. The molecule has 2 saturated carbocycles. The minimum Gasteiger partial charge on any atom is -0.489 e. The van der Waals surface area contributed by atoms with Crippen molar-refractivity contribution in [1.29, 1.82) is 0 Å². The quantitative estimate of drug-likeness (QED) is 0.476. The number of alkyl halides is 1. The number of nitro benzene ring substituents is 1. The van der Waals surface area contributed by atoms with E-state index in [2.05, 4.69) is 0 Å². The number of non-ortho nitro benzene ring substituents is 1. The summed E-state index contributed by atoms with van der Waals surface area (Å²) in [6.07, 6.45) is 5.76. The molecule has 0 bridgehead atoms. The average molecular weight is 296 g/mol. The first-order chi connectivity index (χ1) is 9.53. The predicted molar refractivity (Wildman–Crippen MR) is 77.4 cm³/mol. The molecule has 1 aromatic carbocycles. The summed E-state index contributed by atoms with van der Waals surface area (Å²) >= 11 is 6.41. The molecule has 0 N–H and O–H groups in total. The number of hydrogen-bond acceptors (Lipinski definition) is 3. The largest absolute Gasteiger partial charge is 0.489 e. The molecule has 4 nitrogen and oxygen atoms in total. The Bertz CT molecular complexity index is 540. The summed E-state index contributed by atoms with van der Waals surface area (Å²) in [6, 6.07) is 4.77. The van der Waals surface area contributed by atoms with Gasteiger partial charge in [0.2, 0.25) is 0 Å². The van der Waals surface area contributed by atoms with Crippen LogP contribution in [0.1, 0.15) is 37.7 Å². The zero-order valence-electron chi connectivity index (χ0n) is 11.5. The SMILES string of the molecule is Cc1cc([N+](=O)[O-])ccc1OC1CC(Cl)C12CCCC2. The molecule has 20 heavy (non-hydrogen) atoms. The lowest BCUT2D eigenvalue weighted by atomic mass is 9.64. The van der Waals surface area contributed by atoms with Crippen LogP contribution in [0.2, 0.25) is 0 Å². The van der Waals surface area contributed by atoms with E-state index in [0.29, 0.717) is 0 Å². The van der Waals surface area contributed by atoms with Gasteiger partial charge in [0.15, 0.2) is 0 Å². The molecule has 2 atom stereocenters. The zero-order chi connectivity index (χ0) is 14.3. The minimum atomic E-state index is -0.382. The van der Waals surface area contributed by atoms with Gasteiger partial charge in [-0.15, -0.1) is 11.6 Å². The van der Waals surface area contributed by atoms with Gasteiger partial charge in [-0.2, -0.15) is 0 Å². The van der Waals surface area contributed by atoms with Crippen LogP contribution in [0, 0.1) is 22.5 Å². The van der Waals surface area contributed by atoms with Crippen molar-refractivity contribution < 1.29 is 9.66 Å². The third-order valence-corrected chi connectivity index (χ3v) is 5.47. The monoisotopic (exact) mass is 295 g/mol. The van der Waals surface area contributed by atoms with Crippen LogP contribution in [-0.2, 0) is 0 Å².